The number of aryl methyl sites for hydroxylation is 1. The van der Waals surface area contributed by atoms with Crippen molar-refractivity contribution in [3.63, 3.8) is 0 Å². The fourth-order valence-corrected chi connectivity index (χ4v) is 1.90. The van der Waals surface area contributed by atoms with E-state index in [1.54, 1.807) is 7.05 Å². The fourth-order valence-electron chi connectivity index (χ4n) is 1.61. The van der Waals surface area contributed by atoms with Crippen LogP contribution in [0.25, 0.3) is 0 Å². The van der Waals surface area contributed by atoms with Crippen LogP contribution < -0.4 is 0 Å². The molecule has 16 heavy (non-hydrogen) atoms. The summed E-state index contributed by atoms with van der Waals surface area (Å²) in [6.45, 7) is 0. The number of alkyl halides is 1. The van der Waals surface area contributed by atoms with Crippen LogP contribution in [0.5, 0.6) is 0 Å². The Balaban J connectivity index is 2.12. The van der Waals surface area contributed by atoms with E-state index in [1.165, 1.54) is 10.4 Å². The lowest BCUT2D eigenvalue weighted by Crippen LogP contribution is -2.06. The highest BCUT2D eigenvalue weighted by Crippen LogP contribution is 2.20. The third-order valence-electron chi connectivity index (χ3n) is 2.44. The molecule has 0 aliphatic heterocycles. The third-order valence-corrected chi connectivity index (χ3v) is 2.81. The molecule has 0 fully saturated rings. The summed E-state index contributed by atoms with van der Waals surface area (Å²) in [5, 5.41) is 11.9. The van der Waals surface area contributed by atoms with Crippen LogP contribution in [-0.2, 0) is 13.5 Å². The van der Waals surface area contributed by atoms with Crippen LogP contribution in [0.4, 0.5) is 0 Å². The van der Waals surface area contributed by atoms with Gasteiger partial charge in [-0.15, -0.1) is 21.8 Å². The van der Waals surface area contributed by atoms with Crippen molar-refractivity contribution < 1.29 is 0 Å². The van der Waals surface area contributed by atoms with Crippen molar-refractivity contribution in [2.24, 2.45) is 7.05 Å². The molecule has 0 saturated heterocycles. The van der Waals surface area contributed by atoms with Crippen LogP contribution in [0.15, 0.2) is 30.3 Å². The Morgan fingerprint density at radius 1 is 1.31 bits per heavy atom. The van der Waals surface area contributed by atoms with Gasteiger partial charge in [-0.2, -0.15) is 4.80 Å². The number of nitrogens with zero attached hydrogens (tertiary/aromatic N) is 4. The van der Waals surface area contributed by atoms with Crippen molar-refractivity contribution in [2.45, 2.75) is 12.3 Å². The Morgan fingerprint density at radius 2 is 2.06 bits per heavy atom. The van der Waals surface area contributed by atoms with Gasteiger partial charge in [0.05, 0.1) is 7.05 Å². The summed E-state index contributed by atoms with van der Waals surface area (Å²) in [5.74, 6) is 1.53. The number of tetrazole rings is 1. The van der Waals surface area contributed by atoms with E-state index in [0.717, 1.165) is 12.2 Å². The zero-order valence-corrected chi connectivity index (χ0v) is 9.80. The van der Waals surface area contributed by atoms with Gasteiger partial charge in [0.2, 0.25) is 0 Å². The molecular weight excluding hydrogens is 224 g/mol. The number of benzene rings is 1. The number of halogens is 1. The lowest BCUT2D eigenvalue weighted by Gasteiger charge is -2.11. The maximum atomic E-state index is 5.98. The Hall–Kier alpha value is -1.42. The van der Waals surface area contributed by atoms with Gasteiger partial charge in [-0.05, 0) is 10.8 Å². The summed E-state index contributed by atoms with van der Waals surface area (Å²) in [6, 6.07) is 10.2. The molecule has 0 bridgehead atoms. The van der Waals surface area contributed by atoms with Crippen molar-refractivity contribution in [3.8, 4) is 0 Å². The predicted octanol–water partition coefficient (Wildman–Crippen LogP) is 1.78. The number of hydrogen-bond acceptors (Lipinski definition) is 3. The molecule has 0 radical (unpaired) electrons. The Kier molecular flexibility index (Phi) is 3.51. The van der Waals surface area contributed by atoms with E-state index in [-0.39, 0.29) is 5.92 Å². The van der Waals surface area contributed by atoms with Crippen LogP contribution in [-0.4, -0.2) is 26.1 Å². The van der Waals surface area contributed by atoms with Crippen LogP contribution in [0.2, 0.25) is 0 Å². The van der Waals surface area contributed by atoms with Gasteiger partial charge >= 0.3 is 0 Å². The first-order valence-electron chi connectivity index (χ1n) is 5.13. The maximum Gasteiger partial charge on any atom is 0.175 e. The Labute approximate surface area is 99.2 Å². The molecule has 1 atom stereocenters. The van der Waals surface area contributed by atoms with Gasteiger partial charge in [0, 0.05) is 18.2 Å². The highest BCUT2D eigenvalue weighted by Gasteiger charge is 2.13. The first-order valence-corrected chi connectivity index (χ1v) is 5.67. The van der Waals surface area contributed by atoms with Gasteiger partial charge < -0.3 is 0 Å². The molecule has 2 rings (SSSR count). The first-order chi connectivity index (χ1) is 7.79. The minimum atomic E-state index is 0.243. The molecule has 1 unspecified atom stereocenters. The van der Waals surface area contributed by atoms with Gasteiger partial charge in [-0.25, -0.2) is 0 Å². The van der Waals surface area contributed by atoms with E-state index >= 15 is 0 Å². The summed E-state index contributed by atoms with van der Waals surface area (Å²) < 4.78 is 0. The lowest BCUT2D eigenvalue weighted by molar-refractivity contribution is 0.624. The molecule has 0 amide bonds. The number of hydrogen-bond donors (Lipinski definition) is 0. The largest absolute Gasteiger partial charge is 0.175 e. The summed E-state index contributed by atoms with van der Waals surface area (Å²) >= 11 is 5.98. The predicted molar refractivity (Wildman–Crippen MR) is 62.4 cm³/mol. The molecular formula is C11H13ClN4. The lowest BCUT2D eigenvalue weighted by atomic mass is 9.97. The van der Waals surface area contributed by atoms with Crippen molar-refractivity contribution in [1.82, 2.24) is 20.2 Å². The molecule has 1 aromatic carbocycles. The molecule has 0 saturated carbocycles. The van der Waals surface area contributed by atoms with Gasteiger partial charge in [0.15, 0.2) is 5.82 Å². The molecule has 0 N–H and O–H groups in total. The molecule has 4 nitrogen and oxygen atoms in total. The Bertz CT molecular complexity index is 440. The van der Waals surface area contributed by atoms with Gasteiger partial charge in [-0.1, -0.05) is 30.3 Å². The van der Waals surface area contributed by atoms with E-state index in [4.69, 9.17) is 11.6 Å². The molecule has 0 aliphatic rings. The van der Waals surface area contributed by atoms with Crippen molar-refractivity contribution in [1.29, 1.82) is 0 Å². The van der Waals surface area contributed by atoms with Crippen molar-refractivity contribution in [3.05, 3.63) is 41.7 Å². The fraction of sp³-hybridized carbons (Fsp3) is 0.364. The standard InChI is InChI=1S/C11H13ClN4/c1-16-14-11(13-15-16)7-10(8-12)9-5-3-2-4-6-9/h2-6,10H,7-8H2,1H3. The Morgan fingerprint density at radius 3 is 2.62 bits per heavy atom. The number of rotatable bonds is 4. The van der Waals surface area contributed by atoms with E-state index < -0.39 is 0 Å². The summed E-state index contributed by atoms with van der Waals surface area (Å²) in [7, 11) is 1.76. The second kappa shape index (κ2) is 5.07. The van der Waals surface area contributed by atoms with Gasteiger partial charge in [-0.3, -0.25) is 0 Å². The average Bonchev–Trinajstić information content (AvgIpc) is 2.73. The monoisotopic (exact) mass is 236 g/mol. The number of aromatic nitrogens is 4. The van der Waals surface area contributed by atoms with E-state index in [2.05, 4.69) is 27.5 Å². The average molecular weight is 237 g/mol. The topological polar surface area (TPSA) is 43.6 Å². The highest BCUT2D eigenvalue weighted by atomic mass is 35.5. The van der Waals surface area contributed by atoms with Gasteiger partial charge in [0.25, 0.3) is 0 Å². The second-order valence-electron chi connectivity index (χ2n) is 3.66. The normalized spacial score (nSPS) is 12.6. The molecule has 0 spiro atoms. The molecule has 2 aromatic rings. The van der Waals surface area contributed by atoms with Crippen molar-refractivity contribution >= 4 is 11.6 Å². The molecule has 1 aromatic heterocycles. The zero-order chi connectivity index (χ0) is 11.4. The summed E-state index contributed by atoms with van der Waals surface area (Å²) in [5.41, 5.74) is 1.21. The first kappa shape index (κ1) is 11.1. The van der Waals surface area contributed by atoms with Crippen LogP contribution >= 0.6 is 11.6 Å². The summed E-state index contributed by atoms with van der Waals surface area (Å²) in [6.07, 6.45) is 0.724. The van der Waals surface area contributed by atoms with Crippen LogP contribution in [0.3, 0.4) is 0 Å². The van der Waals surface area contributed by atoms with Crippen LogP contribution in [0.1, 0.15) is 17.3 Å². The molecule has 0 aliphatic carbocycles. The van der Waals surface area contributed by atoms with E-state index in [0.29, 0.717) is 5.88 Å². The molecule has 5 heteroatoms. The smallest absolute Gasteiger partial charge is 0.167 e. The SMILES string of the molecule is Cn1nnc(CC(CCl)c2ccccc2)n1. The van der Waals surface area contributed by atoms with E-state index in [9.17, 15) is 0 Å². The minimum absolute atomic E-state index is 0.243. The minimum Gasteiger partial charge on any atom is -0.167 e. The quantitative estimate of drug-likeness (QED) is 0.760. The molecule has 84 valence electrons. The van der Waals surface area contributed by atoms with Crippen LogP contribution in [0, 0.1) is 0 Å². The van der Waals surface area contributed by atoms with E-state index in [1.807, 2.05) is 18.2 Å². The highest BCUT2D eigenvalue weighted by molar-refractivity contribution is 6.18. The summed E-state index contributed by atoms with van der Waals surface area (Å²) in [4.78, 5) is 1.46. The third kappa shape index (κ3) is 2.58. The zero-order valence-electron chi connectivity index (χ0n) is 9.05. The van der Waals surface area contributed by atoms with Gasteiger partial charge in [0.1, 0.15) is 0 Å². The molecule has 1 heterocycles. The van der Waals surface area contributed by atoms with Crippen molar-refractivity contribution in [2.75, 3.05) is 5.88 Å². The second-order valence-corrected chi connectivity index (χ2v) is 3.97. The maximum absolute atomic E-state index is 5.98.